The van der Waals surface area contributed by atoms with Crippen LogP contribution in [0, 0.1) is 12.8 Å². The van der Waals surface area contributed by atoms with Gasteiger partial charge in [0.15, 0.2) is 6.61 Å². The third-order valence-electron chi connectivity index (χ3n) is 4.58. The van der Waals surface area contributed by atoms with Gasteiger partial charge in [-0.2, -0.15) is 0 Å². The van der Waals surface area contributed by atoms with Gasteiger partial charge in [0.2, 0.25) is 5.91 Å². The topological polar surface area (TPSA) is 84.9 Å². The van der Waals surface area contributed by atoms with Crippen LogP contribution in [-0.4, -0.2) is 38.0 Å². The Balaban J connectivity index is 1.51. The number of methoxy groups -OCH3 is 1. The fourth-order valence-corrected chi connectivity index (χ4v) is 3.09. The van der Waals surface area contributed by atoms with Crippen molar-refractivity contribution < 1.29 is 23.9 Å². The Kier molecular flexibility index (Phi) is 5.93. The van der Waals surface area contributed by atoms with Crippen LogP contribution in [0.15, 0.2) is 48.5 Å². The molecule has 2 aromatic carbocycles. The molecule has 1 fully saturated rings. The molecule has 0 unspecified atom stereocenters. The van der Waals surface area contributed by atoms with Crippen LogP contribution in [0.3, 0.4) is 0 Å². The molecule has 7 heteroatoms. The van der Waals surface area contributed by atoms with E-state index in [2.05, 4.69) is 5.32 Å². The molecule has 1 aliphatic heterocycles. The van der Waals surface area contributed by atoms with Crippen molar-refractivity contribution in [2.45, 2.75) is 13.3 Å². The average Bonchev–Trinajstić information content (AvgIpc) is 3.08. The summed E-state index contributed by atoms with van der Waals surface area (Å²) in [7, 11) is 1.56. The molecule has 146 valence electrons. The van der Waals surface area contributed by atoms with Crippen molar-refractivity contribution in [1.82, 2.24) is 0 Å². The zero-order valence-electron chi connectivity index (χ0n) is 15.8. The Hall–Kier alpha value is -3.35. The predicted octanol–water partition coefficient (Wildman–Crippen LogP) is 2.54. The highest BCUT2D eigenvalue weighted by Crippen LogP contribution is 2.28. The summed E-state index contributed by atoms with van der Waals surface area (Å²) in [5, 5.41) is 2.64. The molecule has 0 radical (unpaired) electrons. The van der Waals surface area contributed by atoms with Gasteiger partial charge in [0.1, 0.15) is 5.75 Å². The second kappa shape index (κ2) is 8.56. The minimum Gasteiger partial charge on any atom is -0.497 e. The molecule has 0 saturated carbocycles. The number of rotatable bonds is 6. The van der Waals surface area contributed by atoms with Crippen LogP contribution >= 0.6 is 0 Å². The Morgan fingerprint density at radius 2 is 1.86 bits per heavy atom. The first-order valence-electron chi connectivity index (χ1n) is 8.94. The van der Waals surface area contributed by atoms with Crippen molar-refractivity contribution >= 4 is 29.2 Å². The van der Waals surface area contributed by atoms with Crippen LogP contribution in [0.1, 0.15) is 12.0 Å². The first-order chi connectivity index (χ1) is 13.5. The molecule has 0 aromatic heterocycles. The summed E-state index contributed by atoms with van der Waals surface area (Å²) in [6.45, 7) is 1.76. The van der Waals surface area contributed by atoms with Gasteiger partial charge in [-0.1, -0.05) is 18.2 Å². The second-order valence-corrected chi connectivity index (χ2v) is 6.58. The van der Waals surface area contributed by atoms with Gasteiger partial charge in [0.25, 0.3) is 5.91 Å². The molecular weight excluding hydrogens is 360 g/mol. The summed E-state index contributed by atoms with van der Waals surface area (Å²) < 4.78 is 10.2. The molecule has 28 heavy (non-hydrogen) atoms. The van der Waals surface area contributed by atoms with Gasteiger partial charge in [-0.15, -0.1) is 0 Å². The number of hydrogen-bond acceptors (Lipinski definition) is 5. The lowest BCUT2D eigenvalue weighted by molar-refractivity contribution is -0.151. The number of anilines is 2. The van der Waals surface area contributed by atoms with E-state index in [0.29, 0.717) is 11.4 Å². The van der Waals surface area contributed by atoms with Crippen molar-refractivity contribution in [3.63, 3.8) is 0 Å². The number of hydrogen-bond donors (Lipinski definition) is 1. The van der Waals surface area contributed by atoms with Crippen molar-refractivity contribution in [2.75, 3.05) is 30.5 Å². The van der Waals surface area contributed by atoms with Gasteiger partial charge in [-0.05, 0) is 42.8 Å². The SMILES string of the molecule is COc1ccc(NC(=O)COC(=O)[C@H]2CC(=O)N(c3ccccc3C)C2)cc1. The summed E-state index contributed by atoms with van der Waals surface area (Å²) in [5.74, 6) is -1.03. The van der Waals surface area contributed by atoms with E-state index in [1.165, 1.54) is 0 Å². The monoisotopic (exact) mass is 382 g/mol. The Bertz CT molecular complexity index is 879. The Labute approximate surface area is 163 Å². The van der Waals surface area contributed by atoms with Crippen LogP contribution in [-0.2, 0) is 19.1 Å². The number of benzene rings is 2. The van der Waals surface area contributed by atoms with E-state index in [1.807, 2.05) is 31.2 Å². The summed E-state index contributed by atoms with van der Waals surface area (Å²) >= 11 is 0. The van der Waals surface area contributed by atoms with Crippen molar-refractivity contribution in [3.05, 3.63) is 54.1 Å². The first kappa shape index (κ1) is 19.4. The number of amides is 2. The third-order valence-corrected chi connectivity index (χ3v) is 4.58. The molecule has 3 rings (SSSR count). The minimum absolute atomic E-state index is 0.0767. The number of para-hydroxylation sites is 1. The van der Waals surface area contributed by atoms with E-state index in [1.54, 1.807) is 36.3 Å². The third kappa shape index (κ3) is 4.49. The summed E-state index contributed by atoms with van der Waals surface area (Å²) in [4.78, 5) is 38.2. The molecular formula is C21H22N2O5. The average molecular weight is 382 g/mol. The number of carbonyl (C=O) groups is 3. The zero-order chi connectivity index (χ0) is 20.1. The van der Waals surface area contributed by atoms with Crippen molar-refractivity contribution in [2.24, 2.45) is 5.92 Å². The first-order valence-corrected chi connectivity index (χ1v) is 8.94. The predicted molar refractivity (Wildman–Crippen MR) is 104 cm³/mol. The fraction of sp³-hybridized carbons (Fsp3) is 0.286. The molecule has 1 saturated heterocycles. The van der Waals surface area contributed by atoms with Crippen LogP contribution in [0.5, 0.6) is 5.75 Å². The van der Waals surface area contributed by atoms with Gasteiger partial charge in [0.05, 0.1) is 13.0 Å². The largest absolute Gasteiger partial charge is 0.497 e. The number of nitrogens with one attached hydrogen (secondary N) is 1. The molecule has 2 aromatic rings. The van der Waals surface area contributed by atoms with E-state index in [-0.39, 0.29) is 18.9 Å². The zero-order valence-corrected chi connectivity index (χ0v) is 15.8. The van der Waals surface area contributed by atoms with Crippen molar-refractivity contribution in [3.8, 4) is 5.75 Å². The van der Waals surface area contributed by atoms with Gasteiger partial charge in [0, 0.05) is 24.3 Å². The van der Waals surface area contributed by atoms with Gasteiger partial charge in [-0.25, -0.2) is 0 Å². The highest BCUT2D eigenvalue weighted by atomic mass is 16.5. The highest BCUT2D eigenvalue weighted by Gasteiger charge is 2.36. The van der Waals surface area contributed by atoms with E-state index in [9.17, 15) is 14.4 Å². The molecule has 0 aliphatic carbocycles. The van der Waals surface area contributed by atoms with Gasteiger partial charge >= 0.3 is 5.97 Å². The maximum Gasteiger partial charge on any atom is 0.311 e. The highest BCUT2D eigenvalue weighted by molar-refractivity contribution is 6.00. The molecule has 2 amide bonds. The lowest BCUT2D eigenvalue weighted by atomic mass is 10.1. The molecule has 1 atom stereocenters. The van der Waals surface area contributed by atoms with Gasteiger partial charge in [-0.3, -0.25) is 14.4 Å². The lowest BCUT2D eigenvalue weighted by Crippen LogP contribution is -2.28. The quantitative estimate of drug-likeness (QED) is 0.776. The molecule has 0 bridgehead atoms. The number of carbonyl (C=O) groups excluding carboxylic acids is 3. The normalized spacial score (nSPS) is 16.0. The summed E-state index contributed by atoms with van der Waals surface area (Å²) in [5.41, 5.74) is 2.33. The number of esters is 1. The summed E-state index contributed by atoms with van der Waals surface area (Å²) in [6, 6.07) is 14.3. The Morgan fingerprint density at radius 3 is 2.54 bits per heavy atom. The fourth-order valence-electron chi connectivity index (χ4n) is 3.09. The smallest absolute Gasteiger partial charge is 0.311 e. The van der Waals surface area contributed by atoms with Crippen molar-refractivity contribution in [1.29, 1.82) is 0 Å². The maximum atomic E-state index is 12.3. The second-order valence-electron chi connectivity index (χ2n) is 6.58. The van der Waals surface area contributed by atoms with Gasteiger partial charge < -0.3 is 19.7 Å². The summed E-state index contributed by atoms with van der Waals surface area (Å²) in [6.07, 6.45) is 0.0767. The standard InChI is InChI=1S/C21H22N2O5/c1-14-5-3-4-6-18(14)23-12-15(11-20(23)25)21(26)28-13-19(24)22-16-7-9-17(27-2)10-8-16/h3-10,15H,11-13H2,1-2H3,(H,22,24)/t15-/m0/s1. The van der Waals surface area contributed by atoms with E-state index < -0.39 is 24.4 Å². The maximum absolute atomic E-state index is 12.3. The van der Waals surface area contributed by atoms with Crippen LogP contribution in [0.4, 0.5) is 11.4 Å². The minimum atomic E-state index is -0.583. The molecule has 1 aliphatic rings. The molecule has 1 heterocycles. The molecule has 0 spiro atoms. The lowest BCUT2D eigenvalue weighted by Gasteiger charge is -2.18. The number of ether oxygens (including phenoxy) is 2. The van der Waals surface area contributed by atoms with Crippen LogP contribution in [0.2, 0.25) is 0 Å². The number of nitrogens with zero attached hydrogens (tertiary/aromatic N) is 1. The van der Waals surface area contributed by atoms with Crippen LogP contribution in [0.25, 0.3) is 0 Å². The van der Waals surface area contributed by atoms with E-state index in [0.717, 1.165) is 11.3 Å². The molecule has 1 N–H and O–H groups in total. The molecule has 7 nitrogen and oxygen atoms in total. The van der Waals surface area contributed by atoms with E-state index >= 15 is 0 Å². The number of aryl methyl sites for hydroxylation is 1. The Morgan fingerprint density at radius 1 is 1.14 bits per heavy atom. The van der Waals surface area contributed by atoms with Crippen LogP contribution < -0.4 is 15.0 Å². The van der Waals surface area contributed by atoms with E-state index in [4.69, 9.17) is 9.47 Å².